The zero-order valence-corrected chi connectivity index (χ0v) is 24.4. The number of carbonyl (C=O) groups excluding carboxylic acids is 2. The number of carbonyl (C=O) groups is 2. The van der Waals surface area contributed by atoms with Gasteiger partial charge in [0.05, 0.1) is 6.54 Å². The highest BCUT2D eigenvalue weighted by Crippen LogP contribution is 2.36. The maximum Gasteiger partial charge on any atom is 0.407 e. The van der Waals surface area contributed by atoms with Gasteiger partial charge in [0.2, 0.25) is 0 Å². The number of aliphatic hydroxyl groups excluding tert-OH is 1. The van der Waals surface area contributed by atoms with Gasteiger partial charge in [0, 0.05) is 18.5 Å². The SMILES string of the molecule is CC(C)(C)OC(=O)NCC(O)N[C@H]1CC[C@@H](CCCC(=O)C2COc3ccc(OCc4ccccc4)cc3O2)CC1. The average Bonchev–Trinajstić information content (AvgIpc) is 2.95. The summed E-state index contributed by atoms with van der Waals surface area (Å²) in [5, 5.41) is 16.0. The van der Waals surface area contributed by atoms with E-state index in [-0.39, 0.29) is 25.0 Å². The van der Waals surface area contributed by atoms with Crippen molar-refractivity contribution in [2.24, 2.45) is 5.92 Å². The fraction of sp³-hybridized carbons (Fsp3) is 0.562. The summed E-state index contributed by atoms with van der Waals surface area (Å²) in [5.74, 6) is 2.45. The Morgan fingerprint density at radius 1 is 1.05 bits per heavy atom. The largest absolute Gasteiger partial charge is 0.489 e. The van der Waals surface area contributed by atoms with Gasteiger partial charge in [-0.2, -0.15) is 0 Å². The molecule has 2 unspecified atom stereocenters. The predicted octanol–water partition coefficient (Wildman–Crippen LogP) is 5.14. The second kappa shape index (κ2) is 14.5. The molecule has 3 N–H and O–H groups in total. The van der Waals surface area contributed by atoms with Crippen molar-refractivity contribution in [1.82, 2.24) is 10.6 Å². The van der Waals surface area contributed by atoms with Crippen LogP contribution in [0.1, 0.15) is 71.3 Å². The molecule has 4 rings (SSSR count). The fourth-order valence-electron chi connectivity index (χ4n) is 5.21. The van der Waals surface area contributed by atoms with E-state index in [1.807, 2.05) is 42.5 Å². The number of hydrogen-bond acceptors (Lipinski definition) is 8. The highest BCUT2D eigenvalue weighted by molar-refractivity contribution is 5.84. The molecule has 1 aliphatic heterocycles. The number of rotatable bonds is 12. The lowest BCUT2D eigenvalue weighted by Gasteiger charge is -2.31. The Bertz CT molecular complexity index is 1130. The number of ether oxygens (including phenoxy) is 4. The van der Waals surface area contributed by atoms with Crippen molar-refractivity contribution < 1.29 is 33.6 Å². The third-order valence-electron chi connectivity index (χ3n) is 7.33. The minimum absolute atomic E-state index is 0.0576. The van der Waals surface area contributed by atoms with E-state index >= 15 is 0 Å². The molecule has 0 radical (unpaired) electrons. The highest BCUT2D eigenvalue weighted by Gasteiger charge is 2.28. The van der Waals surface area contributed by atoms with Crippen molar-refractivity contribution in [3.05, 3.63) is 54.1 Å². The van der Waals surface area contributed by atoms with Crippen LogP contribution < -0.4 is 24.8 Å². The van der Waals surface area contributed by atoms with Gasteiger partial charge in [0.25, 0.3) is 0 Å². The first-order chi connectivity index (χ1) is 19.6. The molecular formula is C32H44N2O7. The monoisotopic (exact) mass is 568 g/mol. The Morgan fingerprint density at radius 3 is 2.54 bits per heavy atom. The lowest BCUT2D eigenvalue weighted by Crippen LogP contribution is -2.47. The summed E-state index contributed by atoms with van der Waals surface area (Å²) < 4.78 is 22.9. The van der Waals surface area contributed by atoms with Crippen LogP contribution in [-0.4, -0.2) is 54.1 Å². The number of benzene rings is 2. The third-order valence-corrected chi connectivity index (χ3v) is 7.33. The number of hydrogen-bond donors (Lipinski definition) is 3. The summed E-state index contributed by atoms with van der Waals surface area (Å²) in [5.41, 5.74) is 0.501. The molecule has 2 aromatic rings. The van der Waals surface area contributed by atoms with Gasteiger partial charge < -0.3 is 29.4 Å². The number of nitrogens with one attached hydrogen (secondary N) is 2. The Kier molecular flexibility index (Phi) is 10.9. The molecule has 1 amide bonds. The molecular weight excluding hydrogens is 524 g/mol. The number of fused-ring (bicyclic) bond motifs is 1. The first kappa shape index (κ1) is 30.7. The van der Waals surface area contributed by atoms with Crippen molar-refractivity contribution in [3.63, 3.8) is 0 Å². The Balaban J connectivity index is 1.11. The summed E-state index contributed by atoms with van der Waals surface area (Å²) in [6.07, 6.45) is 4.28. The molecule has 1 heterocycles. The summed E-state index contributed by atoms with van der Waals surface area (Å²) in [6, 6.07) is 15.6. The van der Waals surface area contributed by atoms with E-state index in [1.165, 1.54) is 0 Å². The summed E-state index contributed by atoms with van der Waals surface area (Å²) >= 11 is 0. The number of aliphatic hydroxyl groups is 1. The van der Waals surface area contributed by atoms with Crippen molar-refractivity contribution in [2.45, 2.75) is 96.3 Å². The zero-order chi connectivity index (χ0) is 29.2. The van der Waals surface area contributed by atoms with Gasteiger partial charge >= 0.3 is 6.09 Å². The molecule has 0 spiro atoms. The number of alkyl carbamates (subject to hydrolysis) is 1. The first-order valence-electron chi connectivity index (χ1n) is 14.7. The van der Waals surface area contributed by atoms with Crippen LogP contribution in [0.2, 0.25) is 0 Å². The van der Waals surface area contributed by atoms with Gasteiger partial charge in [-0.05, 0) is 76.5 Å². The Morgan fingerprint density at radius 2 is 1.80 bits per heavy atom. The minimum Gasteiger partial charge on any atom is -0.489 e. The molecule has 2 aliphatic rings. The normalized spacial score (nSPS) is 21.0. The Labute approximate surface area is 242 Å². The maximum atomic E-state index is 12.9. The standard InChI is InChI=1S/C32H44N2O7/c1-32(2,3)41-31(37)33-19-30(36)34-24-14-12-22(13-15-24)10-7-11-26(35)29-21-39-27-17-16-25(18-28(27)40-29)38-20-23-8-5-4-6-9-23/h4-6,8-9,16-18,22,24,29-30,34,36H,7,10-15,19-21H2,1-3H3,(H,33,37)/t22-,24+,29?,30?. The number of ketones is 1. The van der Waals surface area contributed by atoms with Crippen LogP contribution in [0.15, 0.2) is 48.5 Å². The molecule has 1 aliphatic carbocycles. The van der Waals surface area contributed by atoms with Crippen molar-refractivity contribution in [3.8, 4) is 17.2 Å². The molecule has 1 saturated carbocycles. The van der Waals surface area contributed by atoms with Gasteiger partial charge in [-0.3, -0.25) is 10.1 Å². The zero-order valence-electron chi connectivity index (χ0n) is 24.4. The second-order valence-corrected chi connectivity index (χ2v) is 11.9. The van der Waals surface area contributed by atoms with Gasteiger partial charge in [-0.25, -0.2) is 4.79 Å². The van der Waals surface area contributed by atoms with E-state index in [0.29, 0.717) is 36.2 Å². The van der Waals surface area contributed by atoms with Crippen LogP contribution in [0.5, 0.6) is 17.2 Å². The van der Waals surface area contributed by atoms with Gasteiger partial charge in [0.1, 0.15) is 30.8 Å². The van der Waals surface area contributed by atoms with E-state index in [0.717, 1.165) is 44.1 Å². The third kappa shape index (κ3) is 10.2. The average molecular weight is 569 g/mol. The molecule has 2 aromatic carbocycles. The summed E-state index contributed by atoms with van der Waals surface area (Å²) in [6.45, 7) is 6.16. The van der Waals surface area contributed by atoms with E-state index in [2.05, 4.69) is 10.6 Å². The summed E-state index contributed by atoms with van der Waals surface area (Å²) in [7, 11) is 0. The van der Waals surface area contributed by atoms with E-state index < -0.39 is 24.0 Å². The van der Waals surface area contributed by atoms with E-state index in [4.69, 9.17) is 18.9 Å². The van der Waals surface area contributed by atoms with Crippen LogP contribution in [0, 0.1) is 5.92 Å². The van der Waals surface area contributed by atoms with E-state index in [1.54, 1.807) is 26.8 Å². The topological polar surface area (TPSA) is 115 Å². The van der Waals surface area contributed by atoms with E-state index in [9.17, 15) is 14.7 Å². The molecule has 9 nitrogen and oxygen atoms in total. The van der Waals surface area contributed by atoms with Crippen molar-refractivity contribution >= 4 is 11.9 Å². The molecule has 9 heteroatoms. The number of Topliss-reactive ketones (excluding diaryl/α,β-unsaturated/α-hetero) is 1. The minimum atomic E-state index is -0.823. The number of amides is 1. The van der Waals surface area contributed by atoms with Crippen LogP contribution in [-0.2, 0) is 16.1 Å². The molecule has 224 valence electrons. The summed E-state index contributed by atoms with van der Waals surface area (Å²) in [4.78, 5) is 24.7. The fourth-order valence-corrected chi connectivity index (χ4v) is 5.21. The van der Waals surface area contributed by atoms with Crippen molar-refractivity contribution in [2.75, 3.05) is 13.2 Å². The van der Waals surface area contributed by atoms with Crippen LogP contribution in [0.25, 0.3) is 0 Å². The molecule has 0 bridgehead atoms. The lowest BCUT2D eigenvalue weighted by molar-refractivity contribution is -0.128. The Hall–Kier alpha value is -3.30. The quantitative estimate of drug-likeness (QED) is 0.302. The van der Waals surface area contributed by atoms with Gasteiger partial charge in [0.15, 0.2) is 23.4 Å². The van der Waals surface area contributed by atoms with Gasteiger partial charge in [-0.15, -0.1) is 0 Å². The second-order valence-electron chi connectivity index (χ2n) is 11.9. The smallest absolute Gasteiger partial charge is 0.407 e. The highest BCUT2D eigenvalue weighted by atomic mass is 16.6. The van der Waals surface area contributed by atoms with Crippen LogP contribution in [0.4, 0.5) is 4.79 Å². The molecule has 2 atom stereocenters. The maximum absolute atomic E-state index is 12.9. The van der Waals surface area contributed by atoms with Crippen LogP contribution in [0.3, 0.4) is 0 Å². The molecule has 0 saturated heterocycles. The van der Waals surface area contributed by atoms with Crippen molar-refractivity contribution in [1.29, 1.82) is 0 Å². The first-order valence-corrected chi connectivity index (χ1v) is 14.7. The predicted molar refractivity (Wildman–Crippen MR) is 155 cm³/mol. The van der Waals surface area contributed by atoms with Gasteiger partial charge in [-0.1, -0.05) is 36.8 Å². The molecule has 1 fully saturated rings. The van der Waals surface area contributed by atoms with Crippen LogP contribution >= 0.6 is 0 Å². The molecule has 0 aromatic heterocycles. The lowest BCUT2D eigenvalue weighted by atomic mass is 9.83. The molecule has 41 heavy (non-hydrogen) atoms.